The van der Waals surface area contributed by atoms with E-state index in [1.807, 2.05) is 6.92 Å². The van der Waals surface area contributed by atoms with Crippen LogP contribution in [-0.4, -0.2) is 26.9 Å². The second-order valence-corrected chi connectivity index (χ2v) is 6.88. The molecular weight excluding hydrogens is 361 g/mol. The van der Waals surface area contributed by atoms with Gasteiger partial charge < -0.3 is 4.90 Å². The molecule has 0 bridgehead atoms. The quantitative estimate of drug-likeness (QED) is 0.806. The molecule has 0 unspecified atom stereocenters. The summed E-state index contributed by atoms with van der Waals surface area (Å²) in [7, 11) is 0. The van der Waals surface area contributed by atoms with E-state index in [1.54, 1.807) is 11.0 Å². The van der Waals surface area contributed by atoms with Crippen LogP contribution in [0.2, 0.25) is 10.0 Å². The van der Waals surface area contributed by atoms with E-state index in [-0.39, 0.29) is 18.0 Å². The van der Waals surface area contributed by atoms with Crippen molar-refractivity contribution in [2.75, 3.05) is 6.54 Å². The number of hydrogen-bond donors (Lipinski definition) is 0. The summed E-state index contributed by atoms with van der Waals surface area (Å²) in [5.74, 6) is -0.118. The molecule has 0 aliphatic heterocycles. The van der Waals surface area contributed by atoms with Crippen molar-refractivity contribution in [1.82, 2.24) is 14.5 Å². The summed E-state index contributed by atoms with van der Waals surface area (Å²) in [4.78, 5) is 31.4. The van der Waals surface area contributed by atoms with Gasteiger partial charge in [0.2, 0.25) is 5.91 Å². The Morgan fingerprint density at radius 1 is 1.32 bits per heavy atom. The van der Waals surface area contributed by atoms with E-state index in [1.165, 1.54) is 17.0 Å². The fourth-order valence-electron chi connectivity index (χ4n) is 3.14. The van der Waals surface area contributed by atoms with Gasteiger partial charge in [0.1, 0.15) is 6.54 Å². The number of rotatable bonds is 4. The normalized spacial score (nSPS) is 14.4. The van der Waals surface area contributed by atoms with Crippen LogP contribution in [0.25, 0.3) is 10.9 Å². The minimum absolute atomic E-state index is 0.0584. The van der Waals surface area contributed by atoms with Crippen molar-refractivity contribution in [3.63, 3.8) is 0 Å². The molecule has 132 valence electrons. The highest BCUT2D eigenvalue weighted by atomic mass is 35.5. The van der Waals surface area contributed by atoms with E-state index in [2.05, 4.69) is 11.1 Å². The summed E-state index contributed by atoms with van der Waals surface area (Å²) in [6, 6.07) is 3.07. The Labute approximate surface area is 155 Å². The first-order valence-electron chi connectivity index (χ1n) is 8.35. The zero-order valence-corrected chi connectivity index (χ0v) is 15.5. The Balaban J connectivity index is 1.92. The fraction of sp³-hybridized carbons (Fsp3) is 0.389. The van der Waals surface area contributed by atoms with Gasteiger partial charge in [-0.1, -0.05) is 29.3 Å². The molecule has 2 aromatic rings. The van der Waals surface area contributed by atoms with Gasteiger partial charge in [0.25, 0.3) is 5.56 Å². The lowest BCUT2D eigenvalue weighted by Crippen LogP contribution is -2.36. The van der Waals surface area contributed by atoms with E-state index in [0.717, 1.165) is 31.4 Å². The van der Waals surface area contributed by atoms with Gasteiger partial charge in [-0.15, -0.1) is 0 Å². The van der Waals surface area contributed by atoms with Gasteiger partial charge in [-0.05, 0) is 44.7 Å². The van der Waals surface area contributed by atoms with Gasteiger partial charge in [-0.3, -0.25) is 14.2 Å². The van der Waals surface area contributed by atoms with Crippen molar-refractivity contribution in [1.29, 1.82) is 0 Å². The standard InChI is InChI=1S/C18H19Cl2N3O2/c1-2-23(13-6-4-3-5-7-13)16(24)10-22-11-21-17-14(18(22)25)8-12(19)9-15(17)20/h6,8-9,11H,2-5,7,10H2,1H3. The maximum absolute atomic E-state index is 12.7. The van der Waals surface area contributed by atoms with Crippen LogP contribution in [0.1, 0.15) is 32.6 Å². The molecule has 0 atom stereocenters. The van der Waals surface area contributed by atoms with E-state index in [9.17, 15) is 9.59 Å². The van der Waals surface area contributed by atoms with Crippen LogP contribution in [0.4, 0.5) is 0 Å². The number of carbonyl (C=O) groups excluding carboxylic acids is 1. The first-order chi connectivity index (χ1) is 12.0. The Bertz CT molecular complexity index is 905. The lowest BCUT2D eigenvalue weighted by molar-refractivity contribution is -0.130. The molecular formula is C18H19Cl2N3O2. The number of amides is 1. The predicted octanol–water partition coefficient (Wildman–Crippen LogP) is 4.01. The topological polar surface area (TPSA) is 55.2 Å². The third-order valence-corrected chi connectivity index (χ3v) is 4.89. The fourth-order valence-corrected chi connectivity index (χ4v) is 3.69. The Hall–Kier alpha value is -1.85. The number of hydrogen-bond acceptors (Lipinski definition) is 3. The first-order valence-corrected chi connectivity index (χ1v) is 9.10. The van der Waals surface area contributed by atoms with E-state index in [0.29, 0.717) is 27.5 Å². The van der Waals surface area contributed by atoms with Crippen molar-refractivity contribution in [2.45, 2.75) is 39.2 Å². The van der Waals surface area contributed by atoms with Crippen molar-refractivity contribution in [3.8, 4) is 0 Å². The molecule has 0 N–H and O–H groups in total. The molecule has 1 aliphatic carbocycles. The number of likely N-dealkylation sites (N-methyl/N-ethyl adjacent to an activating group) is 1. The zero-order chi connectivity index (χ0) is 18.0. The van der Waals surface area contributed by atoms with Crippen LogP contribution in [-0.2, 0) is 11.3 Å². The van der Waals surface area contributed by atoms with Crippen LogP contribution in [0, 0.1) is 0 Å². The highest BCUT2D eigenvalue weighted by molar-refractivity contribution is 6.38. The van der Waals surface area contributed by atoms with Crippen molar-refractivity contribution in [3.05, 3.63) is 50.6 Å². The van der Waals surface area contributed by atoms with Gasteiger partial charge in [-0.2, -0.15) is 0 Å². The molecule has 1 aromatic carbocycles. The minimum atomic E-state index is -0.323. The van der Waals surface area contributed by atoms with Crippen LogP contribution < -0.4 is 5.56 Å². The molecule has 1 amide bonds. The Kier molecular flexibility index (Phi) is 5.45. The summed E-state index contributed by atoms with van der Waals surface area (Å²) in [5, 5.41) is 0.997. The largest absolute Gasteiger partial charge is 0.315 e. The van der Waals surface area contributed by atoms with Crippen LogP contribution >= 0.6 is 23.2 Å². The summed E-state index contributed by atoms with van der Waals surface area (Å²) in [6.45, 7) is 2.46. The molecule has 0 saturated heterocycles. The Morgan fingerprint density at radius 2 is 2.12 bits per heavy atom. The second-order valence-electron chi connectivity index (χ2n) is 6.04. The number of halogens is 2. The zero-order valence-electron chi connectivity index (χ0n) is 14.0. The summed E-state index contributed by atoms with van der Waals surface area (Å²) in [6.07, 6.45) is 7.62. The third kappa shape index (κ3) is 3.72. The predicted molar refractivity (Wildman–Crippen MR) is 100.0 cm³/mol. The SMILES string of the molecule is CCN(C(=O)Cn1cnc2c(Cl)cc(Cl)cc2c1=O)C1=CCCCC1. The second kappa shape index (κ2) is 7.58. The van der Waals surface area contributed by atoms with Crippen molar-refractivity contribution >= 4 is 40.0 Å². The number of allylic oxidation sites excluding steroid dienone is 2. The monoisotopic (exact) mass is 379 g/mol. The third-order valence-electron chi connectivity index (χ3n) is 4.38. The molecule has 25 heavy (non-hydrogen) atoms. The number of aromatic nitrogens is 2. The molecule has 1 heterocycles. The van der Waals surface area contributed by atoms with Crippen LogP contribution in [0.15, 0.2) is 35.0 Å². The summed E-state index contributed by atoms with van der Waals surface area (Å²) < 4.78 is 1.31. The molecule has 0 spiro atoms. The molecule has 7 heteroatoms. The van der Waals surface area contributed by atoms with Crippen molar-refractivity contribution in [2.24, 2.45) is 0 Å². The average Bonchev–Trinajstić information content (AvgIpc) is 2.59. The highest BCUT2D eigenvalue weighted by Crippen LogP contribution is 2.24. The maximum atomic E-state index is 12.7. The summed E-state index contributed by atoms with van der Waals surface area (Å²) >= 11 is 12.1. The van der Waals surface area contributed by atoms with Gasteiger partial charge in [0, 0.05) is 17.3 Å². The first kappa shape index (κ1) is 18.0. The maximum Gasteiger partial charge on any atom is 0.261 e. The number of carbonyl (C=O) groups is 1. The smallest absolute Gasteiger partial charge is 0.261 e. The van der Waals surface area contributed by atoms with Gasteiger partial charge in [-0.25, -0.2) is 4.98 Å². The lowest BCUT2D eigenvalue weighted by atomic mass is 10.0. The van der Waals surface area contributed by atoms with Crippen LogP contribution in [0.3, 0.4) is 0 Å². The molecule has 0 fully saturated rings. The van der Waals surface area contributed by atoms with Crippen LogP contribution in [0.5, 0.6) is 0 Å². The Morgan fingerprint density at radius 3 is 2.80 bits per heavy atom. The van der Waals surface area contributed by atoms with Gasteiger partial charge >= 0.3 is 0 Å². The summed E-state index contributed by atoms with van der Waals surface area (Å²) in [5.41, 5.74) is 1.12. The van der Waals surface area contributed by atoms with Gasteiger partial charge in [0.15, 0.2) is 0 Å². The van der Waals surface area contributed by atoms with Gasteiger partial charge in [0.05, 0.1) is 22.3 Å². The molecule has 0 radical (unpaired) electrons. The van der Waals surface area contributed by atoms with Crippen molar-refractivity contribution < 1.29 is 4.79 Å². The average molecular weight is 380 g/mol. The lowest BCUT2D eigenvalue weighted by Gasteiger charge is -2.26. The van der Waals surface area contributed by atoms with E-state index < -0.39 is 0 Å². The number of benzene rings is 1. The molecule has 1 aromatic heterocycles. The van der Waals surface area contributed by atoms with E-state index in [4.69, 9.17) is 23.2 Å². The minimum Gasteiger partial charge on any atom is -0.315 e. The molecule has 1 aliphatic rings. The highest BCUT2D eigenvalue weighted by Gasteiger charge is 2.19. The van der Waals surface area contributed by atoms with E-state index >= 15 is 0 Å². The number of nitrogens with zero attached hydrogens (tertiary/aromatic N) is 3. The molecule has 0 saturated carbocycles. The molecule has 5 nitrogen and oxygen atoms in total. The number of fused-ring (bicyclic) bond motifs is 1. The molecule has 3 rings (SSSR count).